The minimum atomic E-state index is -0.510. The summed E-state index contributed by atoms with van der Waals surface area (Å²) in [5, 5.41) is 15.1. The van der Waals surface area contributed by atoms with Gasteiger partial charge in [0.1, 0.15) is 0 Å². The molecule has 0 atom stereocenters. The van der Waals surface area contributed by atoms with Gasteiger partial charge in [0.15, 0.2) is 0 Å². The molecule has 0 saturated heterocycles. The lowest BCUT2D eigenvalue weighted by Gasteiger charge is -2.16. The zero-order valence-corrected chi connectivity index (χ0v) is 15.3. The number of nitrogens with one attached hydrogen (secondary N) is 1. The van der Waals surface area contributed by atoms with E-state index in [1.165, 1.54) is 12.1 Å². The van der Waals surface area contributed by atoms with Crippen molar-refractivity contribution in [3.05, 3.63) is 112 Å². The molecule has 0 saturated carbocycles. The Morgan fingerprint density at radius 1 is 0.929 bits per heavy atom. The van der Waals surface area contributed by atoms with Crippen LogP contribution in [0.15, 0.2) is 90.0 Å². The van der Waals surface area contributed by atoms with E-state index in [1.54, 1.807) is 19.1 Å². The molecule has 0 bridgehead atoms. The maximum absolute atomic E-state index is 12.9. The fourth-order valence-electron chi connectivity index (χ4n) is 2.90. The highest BCUT2D eigenvalue weighted by molar-refractivity contribution is 6.00. The second-order valence-corrected chi connectivity index (χ2v) is 6.24. The number of hydrogen-bond donors (Lipinski definition) is 1. The van der Waals surface area contributed by atoms with Crippen LogP contribution in [0.1, 0.15) is 29.5 Å². The normalized spacial score (nSPS) is 11.3. The maximum Gasteiger partial charge on any atom is 0.270 e. The molecule has 0 spiro atoms. The molecule has 0 aromatic heterocycles. The Morgan fingerprint density at radius 2 is 1.50 bits per heavy atom. The number of nitro benzene ring substituents is 1. The van der Waals surface area contributed by atoms with E-state index in [4.69, 9.17) is 0 Å². The lowest BCUT2D eigenvalue weighted by atomic mass is 9.91. The number of nitro groups is 1. The summed E-state index contributed by atoms with van der Waals surface area (Å²) in [6, 6.07) is 25.1. The van der Waals surface area contributed by atoms with E-state index < -0.39 is 10.8 Å². The van der Waals surface area contributed by atoms with Crippen molar-refractivity contribution in [2.45, 2.75) is 12.8 Å². The molecule has 0 fully saturated rings. The summed E-state index contributed by atoms with van der Waals surface area (Å²) in [5.74, 6) is -0.786. The van der Waals surface area contributed by atoms with E-state index >= 15 is 0 Å². The summed E-state index contributed by atoms with van der Waals surface area (Å²) in [4.78, 5) is 23.4. The molecule has 0 aliphatic rings. The molecule has 0 heterocycles. The van der Waals surface area contributed by atoms with Gasteiger partial charge in [-0.2, -0.15) is 5.10 Å². The standard InChI is InChI=1S/C22H19N3O3/c1-16(19-13-8-14-20(15-19)25(27)28)23-24-22(26)21(17-9-4-2-5-10-17)18-11-6-3-7-12-18/h2-15,21H,1H3,(H,24,26)/b23-16+. The van der Waals surface area contributed by atoms with Crippen LogP contribution < -0.4 is 5.43 Å². The highest BCUT2D eigenvalue weighted by atomic mass is 16.6. The molecule has 28 heavy (non-hydrogen) atoms. The zero-order chi connectivity index (χ0) is 19.9. The van der Waals surface area contributed by atoms with E-state index in [0.717, 1.165) is 11.1 Å². The van der Waals surface area contributed by atoms with Crippen molar-refractivity contribution in [1.29, 1.82) is 0 Å². The van der Waals surface area contributed by atoms with Crippen molar-refractivity contribution in [3.63, 3.8) is 0 Å². The largest absolute Gasteiger partial charge is 0.272 e. The molecule has 3 aromatic carbocycles. The lowest BCUT2D eigenvalue weighted by molar-refractivity contribution is -0.384. The Labute approximate surface area is 162 Å². The first-order valence-corrected chi connectivity index (χ1v) is 8.75. The second-order valence-electron chi connectivity index (χ2n) is 6.24. The van der Waals surface area contributed by atoms with E-state index in [2.05, 4.69) is 10.5 Å². The predicted octanol–water partition coefficient (Wildman–Crippen LogP) is 4.27. The summed E-state index contributed by atoms with van der Waals surface area (Å²) in [5.41, 5.74) is 5.35. The number of hydrazone groups is 1. The van der Waals surface area contributed by atoms with Crippen molar-refractivity contribution >= 4 is 17.3 Å². The summed E-state index contributed by atoms with van der Waals surface area (Å²) < 4.78 is 0. The fraction of sp³-hybridized carbons (Fsp3) is 0.0909. The third-order valence-electron chi connectivity index (χ3n) is 4.34. The summed E-state index contributed by atoms with van der Waals surface area (Å²) in [7, 11) is 0. The molecule has 3 rings (SSSR count). The smallest absolute Gasteiger partial charge is 0.270 e. The Kier molecular flexibility index (Phi) is 5.91. The van der Waals surface area contributed by atoms with Crippen molar-refractivity contribution < 1.29 is 9.72 Å². The lowest BCUT2D eigenvalue weighted by Crippen LogP contribution is -2.27. The summed E-state index contributed by atoms with van der Waals surface area (Å²) in [6.07, 6.45) is 0. The predicted molar refractivity (Wildman–Crippen MR) is 108 cm³/mol. The quantitative estimate of drug-likeness (QED) is 0.398. The van der Waals surface area contributed by atoms with E-state index in [9.17, 15) is 14.9 Å². The van der Waals surface area contributed by atoms with Crippen molar-refractivity contribution in [2.75, 3.05) is 0 Å². The number of nitrogens with zero attached hydrogens (tertiary/aromatic N) is 2. The van der Waals surface area contributed by atoms with Crippen LogP contribution in [0.25, 0.3) is 0 Å². The highest BCUT2D eigenvalue weighted by Crippen LogP contribution is 2.24. The van der Waals surface area contributed by atoms with E-state index in [0.29, 0.717) is 11.3 Å². The van der Waals surface area contributed by atoms with Gasteiger partial charge in [-0.15, -0.1) is 0 Å². The van der Waals surface area contributed by atoms with Gasteiger partial charge >= 0.3 is 0 Å². The molecule has 0 unspecified atom stereocenters. The highest BCUT2D eigenvalue weighted by Gasteiger charge is 2.22. The van der Waals surface area contributed by atoms with Crippen LogP contribution in [0, 0.1) is 10.1 Å². The minimum Gasteiger partial charge on any atom is -0.272 e. The third kappa shape index (κ3) is 4.48. The average Bonchev–Trinajstić information content (AvgIpc) is 2.74. The minimum absolute atomic E-state index is 0.0233. The maximum atomic E-state index is 12.9. The number of hydrogen-bond acceptors (Lipinski definition) is 4. The van der Waals surface area contributed by atoms with Gasteiger partial charge in [-0.05, 0) is 18.1 Å². The van der Waals surface area contributed by atoms with Gasteiger partial charge in [0.2, 0.25) is 0 Å². The molecule has 0 radical (unpaired) electrons. The number of benzene rings is 3. The van der Waals surface area contributed by atoms with Crippen LogP contribution in [-0.4, -0.2) is 16.5 Å². The molecule has 0 aliphatic heterocycles. The summed E-state index contributed by atoms with van der Waals surface area (Å²) >= 11 is 0. The number of amides is 1. The molecule has 6 nitrogen and oxygen atoms in total. The Hall–Kier alpha value is -3.80. The van der Waals surface area contributed by atoms with Crippen LogP contribution in [0.4, 0.5) is 5.69 Å². The molecule has 1 N–H and O–H groups in total. The average molecular weight is 373 g/mol. The number of non-ortho nitro benzene ring substituents is 1. The topological polar surface area (TPSA) is 84.6 Å². The van der Waals surface area contributed by atoms with Gasteiger partial charge in [-0.3, -0.25) is 14.9 Å². The monoisotopic (exact) mass is 373 g/mol. The molecule has 3 aromatic rings. The van der Waals surface area contributed by atoms with Gasteiger partial charge in [-0.1, -0.05) is 72.8 Å². The molecule has 140 valence electrons. The fourth-order valence-corrected chi connectivity index (χ4v) is 2.90. The van der Waals surface area contributed by atoms with Gasteiger partial charge in [0.05, 0.1) is 16.6 Å². The first-order valence-electron chi connectivity index (χ1n) is 8.75. The van der Waals surface area contributed by atoms with Crippen LogP contribution in [0.2, 0.25) is 0 Å². The van der Waals surface area contributed by atoms with Crippen molar-refractivity contribution in [3.8, 4) is 0 Å². The van der Waals surface area contributed by atoms with Crippen LogP contribution >= 0.6 is 0 Å². The first-order chi connectivity index (χ1) is 13.6. The van der Waals surface area contributed by atoms with Gasteiger partial charge in [0, 0.05) is 17.7 Å². The molecular weight excluding hydrogens is 354 g/mol. The number of carbonyl (C=O) groups excluding carboxylic acids is 1. The van der Waals surface area contributed by atoms with Gasteiger partial charge in [-0.25, -0.2) is 5.43 Å². The zero-order valence-electron chi connectivity index (χ0n) is 15.3. The van der Waals surface area contributed by atoms with Crippen LogP contribution in [-0.2, 0) is 4.79 Å². The van der Waals surface area contributed by atoms with E-state index in [-0.39, 0.29) is 11.6 Å². The Bertz CT molecular complexity index is 962. The Balaban J connectivity index is 1.85. The number of rotatable bonds is 6. The first kappa shape index (κ1) is 19.0. The van der Waals surface area contributed by atoms with Gasteiger partial charge < -0.3 is 0 Å². The molecule has 6 heteroatoms. The third-order valence-corrected chi connectivity index (χ3v) is 4.34. The molecular formula is C22H19N3O3. The second kappa shape index (κ2) is 8.73. The van der Waals surface area contributed by atoms with Crippen molar-refractivity contribution in [2.24, 2.45) is 5.10 Å². The van der Waals surface area contributed by atoms with Crippen molar-refractivity contribution in [1.82, 2.24) is 5.43 Å². The molecule has 1 amide bonds. The summed E-state index contributed by atoms with van der Waals surface area (Å²) in [6.45, 7) is 1.69. The van der Waals surface area contributed by atoms with Gasteiger partial charge in [0.25, 0.3) is 11.6 Å². The van der Waals surface area contributed by atoms with Crippen LogP contribution in [0.5, 0.6) is 0 Å². The molecule has 0 aliphatic carbocycles. The van der Waals surface area contributed by atoms with E-state index in [1.807, 2.05) is 60.7 Å². The Morgan fingerprint density at radius 3 is 2.04 bits per heavy atom. The SMILES string of the molecule is C/C(=N\NC(=O)C(c1ccccc1)c1ccccc1)c1cccc([N+](=O)[O-])c1. The number of carbonyl (C=O) groups is 1. The van der Waals surface area contributed by atoms with Crippen LogP contribution in [0.3, 0.4) is 0 Å².